The Morgan fingerprint density at radius 2 is 1.56 bits per heavy atom. The molecular weight excluding hydrogens is 473 g/mol. The van der Waals surface area contributed by atoms with E-state index in [9.17, 15) is 9.59 Å². The Hall–Kier alpha value is -2.28. The van der Waals surface area contributed by atoms with Crippen molar-refractivity contribution in [3.05, 3.63) is 64.1 Å². The van der Waals surface area contributed by atoms with Crippen LogP contribution >= 0.6 is 23.2 Å². The van der Waals surface area contributed by atoms with Crippen molar-refractivity contribution in [2.75, 3.05) is 52.9 Å². The number of likely N-dealkylation sites (tertiary alicyclic amines) is 1. The second-order valence-corrected chi connectivity index (χ2v) is 10.2. The highest BCUT2D eigenvalue weighted by molar-refractivity contribution is 6.42. The Labute approximate surface area is 211 Å². The molecule has 6 nitrogen and oxygen atoms in total. The Morgan fingerprint density at radius 3 is 2.21 bits per heavy atom. The molecule has 0 spiro atoms. The van der Waals surface area contributed by atoms with Crippen molar-refractivity contribution >= 4 is 35.0 Å². The molecule has 0 unspecified atom stereocenters. The van der Waals surface area contributed by atoms with E-state index in [1.807, 2.05) is 40.1 Å². The molecule has 2 aromatic carbocycles. The predicted molar refractivity (Wildman–Crippen MR) is 135 cm³/mol. The molecule has 2 heterocycles. The fourth-order valence-electron chi connectivity index (χ4n) is 4.61. The Balaban J connectivity index is 1.44. The first-order valence-corrected chi connectivity index (χ1v) is 12.5. The Kier molecular flexibility index (Phi) is 8.02. The smallest absolute Gasteiger partial charge is 0.253 e. The molecule has 0 radical (unpaired) electrons. The molecule has 0 aliphatic carbocycles. The molecule has 2 aliphatic rings. The zero-order chi connectivity index (χ0) is 24.1. The number of piperazine rings is 1. The van der Waals surface area contributed by atoms with Crippen molar-refractivity contribution in [2.24, 2.45) is 5.41 Å². The fraction of sp³-hybridized carbons (Fsp3) is 0.462. The van der Waals surface area contributed by atoms with E-state index in [1.54, 1.807) is 18.2 Å². The maximum absolute atomic E-state index is 13.2. The van der Waals surface area contributed by atoms with Crippen molar-refractivity contribution in [3.63, 3.8) is 0 Å². The van der Waals surface area contributed by atoms with Crippen LogP contribution in [-0.2, 0) is 4.79 Å². The van der Waals surface area contributed by atoms with Crippen LogP contribution in [0.4, 0.5) is 0 Å². The highest BCUT2D eigenvalue weighted by Crippen LogP contribution is 2.37. The Morgan fingerprint density at radius 1 is 0.882 bits per heavy atom. The number of amides is 2. The van der Waals surface area contributed by atoms with Crippen molar-refractivity contribution in [3.8, 4) is 5.75 Å². The lowest BCUT2D eigenvalue weighted by Crippen LogP contribution is -2.51. The van der Waals surface area contributed by atoms with Crippen LogP contribution in [-0.4, -0.2) is 79.4 Å². The summed E-state index contributed by atoms with van der Waals surface area (Å²) < 4.78 is 6.15. The molecule has 0 aromatic heterocycles. The van der Waals surface area contributed by atoms with Crippen molar-refractivity contribution in [2.45, 2.75) is 19.3 Å². The minimum absolute atomic E-state index is 0.0680. The van der Waals surface area contributed by atoms with Gasteiger partial charge in [-0.2, -0.15) is 0 Å². The second-order valence-electron chi connectivity index (χ2n) is 9.38. The lowest BCUT2D eigenvalue weighted by Gasteiger charge is -2.42. The van der Waals surface area contributed by atoms with Crippen LogP contribution in [0.5, 0.6) is 5.75 Å². The normalized spacial score (nSPS) is 18.6. The minimum atomic E-state index is -0.315. The average molecular weight is 504 g/mol. The lowest BCUT2D eigenvalue weighted by molar-refractivity contribution is -0.136. The summed E-state index contributed by atoms with van der Waals surface area (Å²) in [5.41, 5.74) is 0.209. The monoisotopic (exact) mass is 503 g/mol. The number of hydrogen-bond acceptors (Lipinski definition) is 4. The van der Waals surface area contributed by atoms with E-state index in [2.05, 4.69) is 11.9 Å². The van der Waals surface area contributed by atoms with Gasteiger partial charge in [0, 0.05) is 56.7 Å². The van der Waals surface area contributed by atoms with E-state index in [-0.39, 0.29) is 17.2 Å². The summed E-state index contributed by atoms with van der Waals surface area (Å²) in [6, 6.07) is 14.7. The molecule has 2 aromatic rings. The maximum Gasteiger partial charge on any atom is 0.253 e. The number of benzene rings is 2. The molecule has 0 atom stereocenters. The number of halogens is 2. The number of carbonyl (C=O) groups is 2. The summed E-state index contributed by atoms with van der Waals surface area (Å²) in [6.45, 7) is 4.88. The fourth-order valence-corrected chi connectivity index (χ4v) is 4.91. The van der Waals surface area contributed by atoms with Crippen LogP contribution in [0.3, 0.4) is 0 Å². The molecule has 182 valence electrons. The first-order chi connectivity index (χ1) is 16.3. The summed E-state index contributed by atoms with van der Waals surface area (Å²) in [7, 11) is 2.08. The van der Waals surface area contributed by atoms with Crippen LogP contribution in [0.2, 0.25) is 10.0 Å². The van der Waals surface area contributed by atoms with Crippen LogP contribution in [0, 0.1) is 5.41 Å². The SMILES string of the molecule is CN1CCN(C(=O)CC2(COc3ccccc3)CCN(C(=O)c3ccc(Cl)c(Cl)c3)CC2)CC1. The molecule has 8 heteroatoms. The molecular formula is C26H31Cl2N3O3. The van der Waals surface area contributed by atoms with E-state index < -0.39 is 0 Å². The number of carbonyl (C=O) groups excluding carboxylic acids is 2. The minimum Gasteiger partial charge on any atom is -0.493 e. The highest BCUT2D eigenvalue weighted by Gasteiger charge is 2.40. The quantitative estimate of drug-likeness (QED) is 0.583. The van der Waals surface area contributed by atoms with E-state index in [1.165, 1.54) is 0 Å². The number of likely N-dealkylation sites (N-methyl/N-ethyl adjacent to an activating group) is 1. The number of nitrogens with zero attached hydrogens (tertiary/aromatic N) is 3. The highest BCUT2D eigenvalue weighted by atomic mass is 35.5. The van der Waals surface area contributed by atoms with Gasteiger partial charge in [0.2, 0.25) is 5.91 Å². The van der Waals surface area contributed by atoms with Crippen molar-refractivity contribution in [1.29, 1.82) is 0 Å². The van der Waals surface area contributed by atoms with Crippen LogP contribution in [0.25, 0.3) is 0 Å². The third kappa shape index (κ3) is 6.04. The molecule has 2 amide bonds. The standard InChI is InChI=1S/C26H31Cl2N3O3/c1-29-13-15-30(16-14-29)24(32)18-26(19-34-21-5-3-2-4-6-21)9-11-31(12-10-26)25(33)20-7-8-22(27)23(28)17-20/h2-8,17H,9-16,18-19H2,1H3. The van der Waals surface area contributed by atoms with E-state index in [4.69, 9.17) is 27.9 Å². The number of piperidine rings is 1. The third-order valence-electron chi connectivity index (χ3n) is 6.95. The third-order valence-corrected chi connectivity index (χ3v) is 7.69. The molecule has 34 heavy (non-hydrogen) atoms. The van der Waals surface area contributed by atoms with Gasteiger partial charge >= 0.3 is 0 Å². The first kappa shape index (κ1) is 24.8. The summed E-state index contributed by atoms with van der Waals surface area (Å²) in [5, 5.41) is 0.796. The van der Waals surface area contributed by atoms with E-state index in [0.717, 1.165) is 31.9 Å². The van der Waals surface area contributed by atoms with Crippen molar-refractivity contribution in [1.82, 2.24) is 14.7 Å². The van der Waals surface area contributed by atoms with Gasteiger partial charge in [0.25, 0.3) is 5.91 Å². The summed E-state index contributed by atoms with van der Waals surface area (Å²) in [4.78, 5) is 32.4. The van der Waals surface area contributed by atoms with Gasteiger partial charge in [-0.3, -0.25) is 9.59 Å². The Bertz CT molecular complexity index is 1000. The second kappa shape index (κ2) is 11.0. The maximum atomic E-state index is 13.2. The van der Waals surface area contributed by atoms with Crippen LogP contribution < -0.4 is 4.74 Å². The molecule has 2 aliphatic heterocycles. The van der Waals surface area contributed by atoms with Gasteiger partial charge in [-0.25, -0.2) is 0 Å². The first-order valence-electron chi connectivity index (χ1n) is 11.7. The zero-order valence-electron chi connectivity index (χ0n) is 19.5. The van der Waals surface area contributed by atoms with Gasteiger partial charge in [0.15, 0.2) is 0 Å². The van der Waals surface area contributed by atoms with Gasteiger partial charge in [-0.05, 0) is 50.2 Å². The largest absolute Gasteiger partial charge is 0.493 e. The van der Waals surface area contributed by atoms with Gasteiger partial charge in [-0.1, -0.05) is 41.4 Å². The van der Waals surface area contributed by atoms with Crippen molar-refractivity contribution < 1.29 is 14.3 Å². The predicted octanol–water partition coefficient (Wildman–Crippen LogP) is 4.46. The number of hydrogen-bond donors (Lipinski definition) is 0. The molecule has 4 rings (SSSR count). The van der Waals surface area contributed by atoms with E-state index in [0.29, 0.717) is 54.6 Å². The van der Waals surface area contributed by atoms with Crippen LogP contribution in [0.15, 0.2) is 48.5 Å². The summed E-state index contributed by atoms with van der Waals surface area (Å²) >= 11 is 12.1. The molecule has 0 saturated carbocycles. The molecule has 2 fully saturated rings. The average Bonchev–Trinajstić information content (AvgIpc) is 2.85. The number of ether oxygens (including phenoxy) is 1. The molecule has 0 bridgehead atoms. The molecule has 2 saturated heterocycles. The van der Waals surface area contributed by atoms with E-state index >= 15 is 0 Å². The van der Waals surface area contributed by atoms with Gasteiger partial charge in [0.05, 0.1) is 16.7 Å². The summed E-state index contributed by atoms with van der Waals surface area (Å²) in [5.74, 6) is 0.902. The lowest BCUT2D eigenvalue weighted by atomic mass is 9.75. The number of rotatable bonds is 6. The van der Waals surface area contributed by atoms with Gasteiger partial charge in [-0.15, -0.1) is 0 Å². The number of para-hydroxylation sites is 1. The van der Waals surface area contributed by atoms with Crippen LogP contribution in [0.1, 0.15) is 29.6 Å². The zero-order valence-corrected chi connectivity index (χ0v) is 21.0. The topological polar surface area (TPSA) is 53.1 Å². The molecule has 0 N–H and O–H groups in total. The van der Waals surface area contributed by atoms with Gasteiger partial charge < -0.3 is 19.4 Å². The van der Waals surface area contributed by atoms with Gasteiger partial charge in [0.1, 0.15) is 5.75 Å². The summed E-state index contributed by atoms with van der Waals surface area (Å²) in [6.07, 6.45) is 1.83.